The maximum atomic E-state index is 2.78. The van der Waals surface area contributed by atoms with E-state index in [1.165, 1.54) is 125 Å². The molecule has 1 fully saturated rings. The molecule has 1 spiro atoms. The molecule has 1 saturated carbocycles. The average molecular weight is 1070 g/mol. The Morgan fingerprint density at radius 1 is 0.420 bits per heavy atom. The minimum atomic E-state index is -0.0681. The number of fused-ring (bicyclic) bond motifs is 5. The summed E-state index contributed by atoms with van der Waals surface area (Å²) in [7, 11) is 0. The van der Waals surface area contributed by atoms with Crippen molar-refractivity contribution < 1.29 is 0 Å². The molecule has 1 aromatic heterocycles. The van der Waals surface area contributed by atoms with Crippen LogP contribution in [0.2, 0.25) is 0 Å². The Labute approximate surface area is 486 Å². The van der Waals surface area contributed by atoms with Gasteiger partial charge in [-0.2, -0.15) is 0 Å². The van der Waals surface area contributed by atoms with Crippen LogP contribution in [-0.4, -0.2) is 6.71 Å². The Hall–Kier alpha value is -6.82. The van der Waals surface area contributed by atoms with Crippen molar-refractivity contribution in [1.29, 1.82) is 0 Å². The van der Waals surface area contributed by atoms with E-state index in [0.29, 0.717) is 0 Å². The van der Waals surface area contributed by atoms with Gasteiger partial charge >= 0.3 is 0 Å². The van der Waals surface area contributed by atoms with Gasteiger partial charge in [-0.1, -0.05) is 161 Å². The zero-order chi connectivity index (χ0) is 55.5. The topological polar surface area (TPSA) is 9.72 Å². The molecule has 8 aromatic carbocycles. The van der Waals surface area contributed by atoms with Gasteiger partial charge in [0.25, 0.3) is 6.71 Å². The zero-order valence-corrected chi connectivity index (χ0v) is 50.4. The van der Waals surface area contributed by atoms with Gasteiger partial charge in [-0.05, 0) is 234 Å². The Bertz CT molecular complexity index is 4110. The van der Waals surface area contributed by atoms with E-state index in [1.807, 2.05) is 0 Å². The van der Waals surface area contributed by atoms with E-state index in [1.54, 1.807) is 11.1 Å². The van der Waals surface area contributed by atoms with Gasteiger partial charge in [0.05, 0.1) is 16.4 Å². The lowest BCUT2D eigenvalue weighted by Crippen LogP contribution is -2.61. The Morgan fingerprint density at radius 3 is 1.67 bits per heavy atom. The van der Waals surface area contributed by atoms with Gasteiger partial charge in [0, 0.05) is 44.4 Å². The molecular weight excluding hydrogens is 998 g/mol. The molecule has 81 heavy (non-hydrogen) atoms. The third kappa shape index (κ3) is 7.00. The smallest absolute Gasteiger partial charge is 0.254 e. The third-order valence-electron chi connectivity index (χ3n) is 22.2. The highest BCUT2D eigenvalue weighted by Gasteiger charge is 2.58. The first kappa shape index (κ1) is 50.0. The highest BCUT2D eigenvalue weighted by atomic mass is 32.1. The van der Waals surface area contributed by atoms with E-state index in [9.17, 15) is 0 Å². The quantitative estimate of drug-likeness (QED) is 0.154. The summed E-state index contributed by atoms with van der Waals surface area (Å²) >= 11 is 2.06. The normalized spacial score (nSPS) is 22.9. The number of hydrogen-bond donors (Lipinski definition) is 0. The molecule has 5 heteroatoms. The number of anilines is 9. The first-order chi connectivity index (χ1) is 38.7. The molecule has 4 heterocycles. The lowest BCUT2D eigenvalue weighted by Gasteiger charge is -2.47. The summed E-state index contributed by atoms with van der Waals surface area (Å²) in [4.78, 5) is 8.06. The average Bonchev–Trinajstić information content (AvgIpc) is 3.85. The van der Waals surface area contributed by atoms with Crippen molar-refractivity contribution in [3.63, 3.8) is 0 Å². The summed E-state index contributed by atoms with van der Waals surface area (Å²) in [6.45, 7) is 27.6. The number of nitrogens with zero attached hydrogens (tertiary/aromatic N) is 3. The second kappa shape index (κ2) is 16.5. The van der Waals surface area contributed by atoms with Gasteiger partial charge in [0.1, 0.15) is 0 Å². The summed E-state index contributed by atoms with van der Waals surface area (Å²) in [5, 5.41) is 2.83. The molecule has 2 atom stereocenters. The van der Waals surface area contributed by atoms with Crippen LogP contribution in [0.3, 0.4) is 0 Å². The third-order valence-corrected chi connectivity index (χ3v) is 23.3. The van der Waals surface area contributed by atoms with Crippen molar-refractivity contribution in [3.05, 3.63) is 203 Å². The summed E-state index contributed by atoms with van der Waals surface area (Å²) in [5.41, 5.74) is 27.6. The van der Waals surface area contributed by atoms with Crippen LogP contribution in [0, 0.1) is 0 Å². The molecule has 3 nitrogen and oxygen atoms in total. The molecule has 2 unspecified atom stereocenters. The number of para-hydroxylation sites is 2. The van der Waals surface area contributed by atoms with Crippen LogP contribution in [0.5, 0.6) is 0 Å². The Morgan fingerprint density at radius 2 is 1.01 bits per heavy atom. The standard InChI is InChI=1S/C76H76BN3S/c1-70(2)31-32-71(3,4)56-38-51(28-29-55(56)70)79-64-39-52(78(49-23-17-13-18-24-49)50-25-19-14-20-26-50)40-65-68(64)77-61-37-48(74(9,10)45-76-36-35-75(11,46-76)59-44-66-54(42-60(59)76)67(77)69(79)81-66)27-30-62(61)80(65)63-43-58-57(72(5,6)33-34-73(58,7)8)41-53(63)47-21-15-12-16-22-47/h12-30,37-44H,31-36,45-46H2,1-11H3. The molecule has 0 N–H and O–H groups in total. The fourth-order valence-corrected chi connectivity index (χ4v) is 18.9. The van der Waals surface area contributed by atoms with Crippen LogP contribution in [0.15, 0.2) is 164 Å². The minimum absolute atomic E-state index is 0.0122. The second-order valence-electron chi connectivity index (χ2n) is 29.6. The van der Waals surface area contributed by atoms with Gasteiger partial charge < -0.3 is 14.7 Å². The van der Waals surface area contributed by atoms with Crippen LogP contribution in [-0.2, 0) is 37.9 Å². The maximum Gasteiger partial charge on any atom is 0.254 e. The molecule has 0 radical (unpaired) electrons. The van der Waals surface area contributed by atoms with Crippen LogP contribution in [0.1, 0.15) is 166 Å². The predicted molar refractivity (Wildman–Crippen MR) is 347 cm³/mol. The number of thiophene rings is 1. The fraction of sp³-hybridized carbons (Fsp3) is 0.342. The van der Waals surface area contributed by atoms with Crippen LogP contribution in [0.4, 0.5) is 50.5 Å². The highest BCUT2D eigenvalue weighted by molar-refractivity contribution is 7.26. The summed E-state index contributed by atoms with van der Waals surface area (Å²) in [6, 6.07) is 65.1. The van der Waals surface area contributed by atoms with Crippen molar-refractivity contribution in [2.75, 3.05) is 14.7 Å². The monoisotopic (exact) mass is 1070 g/mol. The maximum absolute atomic E-state index is 2.78. The van der Waals surface area contributed by atoms with E-state index in [4.69, 9.17) is 0 Å². The van der Waals surface area contributed by atoms with Crippen molar-refractivity contribution in [1.82, 2.24) is 0 Å². The molecule has 0 amide bonds. The fourth-order valence-electron chi connectivity index (χ4n) is 17.6. The zero-order valence-electron chi connectivity index (χ0n) is 49.6. The molecule has 6 bridgehead atoms. The minimum Gasteiger partial charge on any atom is -0.311 e. The molecule has 16 rings (SSSR count). The van der Waals surface area contributed by atoms with Gasteiger partial charge in [0.2, 0.25) is 0 Å². The largest absolute Gasteiger partial charge is 0.311 e. The van der Waals surface area contributed by atoms with E-state index in [0.717, 1.165) is 42.7 Å². The molecule has 7 aliphatic rings. The molecule has 404 valence electrons. The molecular formula is C76H76BN3S. The Balaban J connectivity index is 1.09. The molecule has 4 aliphatic carbocycles. The lowest BCUT2D eigenvalue weighted by molar-refractivity contribution is 0.312. The molecule has 3 aliphatic heterocycles. The van der Waals surface area contributed by atoms with Crippen molar-refractivity contribution in [2.45, 2.75) is 165 Å². The molecule has 9 aromatic rings. The van der Waals surface area contributed by atoms with Crippen molar-refractivity contribution >= 4 is 95.0 Å². The van der Waals surface area contributed by atoms with Gasteiger partial charge in [-0.15, -0.1) is 11.3 Å². The van der Waals surface area contributed by atoms with Gasteiger partial charge in [-0.3, -0.25) is 0 Å². The van der Waals surface area contributed by atoms with E-state index in [-0.39, 0.29) is 44.6 Å². The van der Waals surface area contributed by atoms with E-state index >= 15 is 0 Å². The van der Waals surface area contributed by atoms with Crippen LogP contribution in [0.25, 0.3) is 21.2 Å². The molecule has 0 saturated heterocycles. The SMILES string of the molecule is CC1(C)CC23CCC(C)(C2)c2cc4sc5c(c4cc23)B2c3cc1ccc3N(c1cc3c(cc1-c1ccccc1)C(C)(C)CCC3(C)C)c1cc(N(c3ccccc3)c3ccccc3)cc(c12)N5c1ccc2c(c1)C(C)(C)CCC2(C)C. The van der Waals surface area contributed by atoms with Crippen molar-refractivity contribution in [3.8, 4) is 11.1 Å². The lowest BCUT2D eigenvalue weighted by atomic mass is 9.33. The summed E-state index contributed by atoms with van der Waals surface area (Å²) in [6.07, 6.45) is 9.56. The first-order valence-electron chi connectivity index (χ1n) is 30.5. The Kier molecular flexibility index (Phi) is 10.2. The highest BCUT2D eigenvalue weighted by Crippen LogP contribution is 2.66. The van der Waals surface area contributed by atoms with E-state index < -0.39 is 0 Å². The summed E-state index contributed by atoms with van der Waals surface area (Å²) < 4.78 is 1.43. The first-order valence-corrected chi connectivity index (χ1v) is 31.3. The number of benzene rings is 8. The summed E-state index contributed by atoms with van der Waals surface area (Å²) in [5.74, 6) is 0. The predicted octanol–water partition coefficient (Wildman–Crippen LogP) is 19.2. The number of hydrogen-bond acceptors (Lipinski definition) is 4. The van der Waals surface area contributed by atoms with Gasteiger partial charge in [0.15, 0.2) is 0 Å². The van der Waals surface area contributed by atoms with Crippen LogP contribution >= 0.6 is 11.3 Å². The van der Waals surface area contributed by atoms with Crippen molar-refractivity contribution in [2.24, 2.45) is 0 Å². The van der Waals surface area contributed by atoms with Crippen LogP contribution < -0.4 is 31.1 Å². The van der Waals surface area contributed by atoms with E-state index in [2.05, 4.69) is 266 Å². The van der Waals surface area contributed by atoms with Gasteiger partial charge in [-0.25, -0.2) is 0 Å². The second-order valence-corrected chi connectivity index (χ2v) is 30.7. The number of rotatable bonds is 6.